The molecule has 0 aliphatic heterocycles. The Morgan fingerprint density at radius 1 is 0.697 bits per heavy atom. The van der Waals surface area contributed by atoms with Crippen molar-refractivity contribution in [2.24, 2.45) is 10.9 Å². The second-order valence-corrected chi connectivity index (χ2v) is 18.6. The number of rotatable bonds is 13. The summed E-state index contributed by atoms with van der Waals surface area (Å²) in [7, 11) is 0. The van der Waals surface area contributed by atoms with Gasteiger partial charge in [0.05, 0.1) is 6.04 Å². The molecule has 0 aromatic heterocycles. The second-order valence-electron chi connectivity index (χ2n) is 18.1. The number of thiol groups is 1. The Morgan fingerprint density at radius 3 is 2.12 bits per heavy atom. The lowest BCUT2D eigenvalue weighted by molar-refractivity contribution is 0.411. The number of benzene rings is 8. The van der Waals surface area contributed by atoms with Gasteiger partial charge in [0, 0.05) is 58.8 Å². The van der Waals surface area contributed by atoms with E-state index in [1.807, 2.05) is 6.21 Å². The second kappa shape index (κ2) is 19.1. The molecule has 5 unspecified atom stereocenters. The molecular weight excluding hydrogens is 825 g/mol. The largest absolute Gasteiger partial charge is 0.507 e. The van der Waals surface area contributed by atoms with Crippen molar-refractivity contribution in [3.63, 3.8) is 0 Å². The van der Waals surface area contributed by atoms with E-state index in [0.29, 0.717) is 17.9 Å². The fraction of sp³-hybridized carbons (Fsp3) is 0.197. The van der Waals surface area contributed by atoms with Crippen LogP contribution < -0.4 is 15.8 Å². The Labute approximate surface area is 393 Å². The highest BCUT2D eigenvalue weighted by Gasteiger charge is 2.34. The quantitative estimate of drug-likeness (QED) is 0.0689. The van der Waals surface area contributed by atoms with Gasteiger partial charge >= 0.3 is 0 Å². The van der Waals surface area contributed by atoms with E-state index in [9.17, 15) is 10.2 Å². The molecule has 0 spiro atoms. The third kappa shape index (κ3) is 8.27. The molecule has 328 valence electrons. The van der Waals surface area contributed by atoms with Gasteiger partial charge in [-0.05, 0) is 103 Å². The average molecular weight is 881 g/mol. The van der Waals surface area contributed by atoms with Gasteiger partial charge in [-0.2, -0.15) is 12.6 Å². The molecule has 0 radical (unpaired) electrons. The van der Waals surface area contributed by atoms with Crippen molar-refractivity contribution in [2.45, 2.75) is 63.1 Å². The van der Waals surface area contributed by atoms with Crippen LogP contribution in [0.15, 0.2) is 181 Å². The van der Waals surface area contributed by atoms with E-state index < -0.39 is 0 Å². The predicted molar refractivity (Wildman–Crippen MR) is 280 cm³/mol. The highest BCUT2D eigenvalue weighted by molar-refractivity contribution is 7.80. The summed E-state index contributed by atoms with van der Waals surface area (Å²) in [5.41, 5.74) is 9.32. The normalized spacial score (nSPS) is 18.8. The maximum absolute atomic E-state index is 12.7. The van der Waals surface area contributed by atoms with E-state index in [1.165, 1.54) is 27.5 Å². The van der Waals surface area contributed by atoms with Gasteiger partial charge in [0.25, 0.3) is 0 Å². The Hall–Kier alpha value is -6.66. The molecule has 0 bridgehead atoms. The van der Waals surface area contributed by atoms with Gasteiger partial charge in [-0.15, -0.1) is 0 Å². The number of phenols is 2. The van der Waals surface area contributed by atoms with Gasteiger partial charge in [-0.25, -0.2) is 0 Å². The third-order valence-corrected chi connectivity index (χ3v) is 14.4. The Morgan fingerprint density at radius 2 is 1.35 bits per heavy atom. The predicted octanol–water partition coefficient (Wildman–Crippen LogP) is 12.4. The molecule has 4 nitrogen and oxygen atoms in total. The van der Waals surface area contributed by atoms with Crippen molar-refractivity contribution in [1.29, 1.82) is 0 Å². The monoisotopic (exact) mass is 880 g/mol. The maximum Gasteiger partial charge on any atom is 0.128 e. The van der Waals surface area contributed by atoms with Gasteiger partial charge in [-0.3, -0.25) is 4.99 Å². The summed E-state index contributed by atoms with van der Waals surface area (Å²) < 4.78 is 0. The molecule has 10 rings (SSSR count). The average Bonchev–Trinajstić information content (AvgIpc) is 3.36. The minimum absolute atomic E-state index is 0.0283. The molecule has 8 aromatic rings. The summed E-state index contributed by atoms with van der Waals surface area (Å²) in [5, 5.41) is 35.6. The smallest absolute Gasteiger partial charge is 0.128 e. The van der Waals surface area contributed by atoms with Crippen molar-refractivity contribution in [3.05, 3.63) is 231 Å². The van der Waals surface area contributed by atoms with E-state index in [1.54, 1.807) is 0 Å². The zero-order valence-corrected chi connectivity index (χ0v) is 38.5. The minimum Gasteiger partial charge on any atom is -0.507 e. The van der Waals surface area contributed by atoms with Crippen LogP contribution in [0, 0.1) is 5.92 Å². The van der Waals surface area contributed by atoms with Crippen LogP contribution in [0.4, 0.5) is 0 Å². The SMILES string of the molecule is CC1C=c2ccccc2=C(c2c(O)c(CNC(CCCS)[C@H](C)N=Cc3cc4ccccc4c(C4c5ccccc5C=CC4c4ccccc4)c3O)cc3ccccc23)C1c1ccccc1. The van der Waals surface area contributed by atoms with Gasteiger partial charge in [-0.1, -0.05) is 183 Å². The van der Waals surface area contributed by atoms with Crippen LogP contribution >= 0.6 is 12.6 Å². The Kier molecular flexibility index (Phi) is 12.5. The number of nitrogens with one attached hydrogen (secondary N) is 1. The van der Waals surface area contributed by atoms with E-state index in [2.05, 4.69) is 220 Å². The lowest BCUT2D eigenvalue weighted by atomic mass is 9.71. The summed E-state index contributed by atoms with van der Waals surface area (Å²) in [6.07, 6.45) is 10.5. The van der Waals surface area contributed by atoms with Crippen molar-refractivity contribution in [1.82, 2.24) is 5.32 Å². The van der Waals surface area contributed by atoms with Crippen molar-refractivity contribution in [3.8, 4) is 11.5 Å². The molecule has 0 saturated heterocycles. The molecule has 2 aliphatic rings. The van der Waals surface area contributed by atoms with Crippen LogP contribution in [0.1, 0.15) is 89.0 Å². The van der Waals surface area contributed by atoms with Gasteiger partial charge < -0.3 is 15.5 Å². The number of nitrogens with zero attached hydrogens (tertiary/aromatic N) is 1. The molecule has 6 atom stereocenters. The summed E-state index contributed by atoms with van der Waals surface area (Å²) >= 11 is 4.62. The zero-order chi connectivity index (χ0) is 45.1. The van der Waals surface area contributed by atoms with E-state index in [-0.39, 0.29) is 41.5 Å². The molecule has 5 heteroatoms. The summed E-state index contributed by atoms with van der Waals surface area (Å²) in [4.78, 5) is 5.22. The number of phenolic OH excluding ortho intramolecular Hbond substituents is 2. The number of aliphatic imine (C=N–C) groups is 1. The van der Waals surface area contributed by atoms with Crippen LogP contribution in [0.2, 0.25) is 0 Å². The van der Waals surface area contributed by atoms with Crippen LogP contribution in [0.3, 0.4) is 0 Å². The molecule has 0 saturated carbocycles. The molecule has 0 heterocycles. The minimum atomic E-state index is -0.157. The fourth-order valence-corrected chi connectivity index (χ4v) is 11.0. The van der Waals surface area contributed by atoms with Crippen LogP contribution in [-0.2, 0) is 6.54 Å². The summed E-state index contributed by atoms with van der Waals surface area (Å²) in [6, 6.07) is 59.4. The molecule has 0 fully saturated rings. The Balaban J connectivity index is 1.01. The van der Waals surface area contributed by atoms with E-state index in [0.717, 1.165) is 67.6 Å². The molecule has 8 aromatic carbocycles. The first-order valence-corrected chi connectivity index (χ1v) is 24.1. The summed E-state index contributed by atoms with van der Waals surface area (Å²) in [6.45, 7) is 4.88. The van der Waals surface area contributed by atoms with Crippen LogP contribution in [-0.4, -0.2) is 34.3 Å². The first-order valence-electron chi connectivity index (χ1n) is 23.4. The number of aromatic hydroxyl groups is 2. The number of fused-ring (bicyclic) bond motifs is 4. The topological polar surface area (TPSA) is 64.8 Å². The first kappa shape index (κ1) is 43.2. The van der Waals surface area contributed by atoms with Crippen LogP contribution in [0.25, 0.3) is 39.3 Å². The highest BCUT2D eigenvalue weighted by atomic mass is 32.1. The number of hydrogen-bond acceptors (Lipinski definition) is 5. The van der Waals surface area contributed by atoms with E-state index >= 15 is 0 Å². The molecular formula is C61H56N2O2S. The number of hydrogen-bond donors (Lipinski definition) is 4. The van der Waals surface area contributed by atoms with Gasteiger partial charge in [0.15, 0.2) is 0 Å². The van der Waals surface area contributed by atoms with Gasteiger partial charge in [0.2, 0.25) is 0 Å². The zero-order valence-electron chi connectivity index (χ0n) is 37.6. The lowest BCUT2D eigenvalue weighted by Gasteiger charge is -2.32. The third-order valence-electron chi connectivity index (χ3n) is 14.1. The van der Waals surface area contributed by atoms with Gasteiger partial charge in [0.1, 0.15) is 11.5 Å². The molecule has 2 aliphatic carbocycles. The molecule has 66 heavy (non-hydrogen) atoms. The molecule has 3 N–H and O–H groups in total. The summed E-state index contributed by atoms with van der Waals surface area (Å²) in [5.74, 6) is 1.50. The van der Waals surface area contributed by atoms with Crippen LogP contribution in [0.5, 0.6) is 11.5 Å². The highest BCUT2D eigenvalue weighted by Crippen LogP contribution is 2.50. The Bertz CT molecular complexity index is 3230. The van der Waals surface area contributed by atoms with Crippen molar-refractivity contribution < 1.29 is 10.2 Å². The fourth-order valence-electron chi connectivity index (χ4n) is 10.9. The molecule has 0 amide bonds. The maximum atomic E-state index is 12.7. The first-order chi connectivity index (χ1) is 32.4. The number of allylic oxidation sites excluding steroid dienone is 1. The standard InChI is InChI=1S/C61H56N2O2S/c1-39-34-44-23-10-14-27-50(44)57(55(39)43-21-7-4-8-22-43)59-52-29-16-12-25-46(52)36-48(61(59)65)38-63-54(30-17-33-66)40(2)62-37-47-35-45-24-11-15-28-51(45)58(60(47)64)56-49-26-13-9-20-42(49)31-32-53(56)41-18-5-3-6-19-41/h3-16,18-29,31-32,34-37,39-40,53-56,63-66H,17,30,33,38H2,1-2H3/t39?,40-,53?,54?,55?,56?/m0/s1. The van der Waals surface area contributed by atoms with Crippen molar-refractivity contribution in [2.75, 3.05) is 5.75 Å². The lowest BCUT2D eigenvalue weighted by Crippen LogP contribution is -2.37. The van der Waals surface area contributed by atoms with Crippen molar-refractivity contribution >= 4 is 58.1 Å². The van der Waals surface area contributed by atoms with E-state index in [4.69, 9.17) is 4.99 Å².